The SMILES string of the molecule is CC=CC(C)(C)C(=CCCCCC)CC. The number of allylic oxidation sites excluding steroid dienone is 4. The lowest BCUT2D eigenvalue weighted by Crippen LogP contribution is -2.10. The minimum Gasteiger partial charge on any atom is -0.0908 e. The third-order valence-electron chi connectivity index (χ3n) is 2.99. The molecular formula is C15H28. The van der Waals surface area contributed by atoms with Crippen LogP contribution in [0.15, 0.2) is 23.8 Å². The quantitative estimate of drug-likeness (QED) is 0.382. The summed E-state index contributed by atoms with van der Waals surface area (Å²) in [7, 11) is 0. The van der Waals surface area contributed by atoms with Crippen LogP contribution in [0.1, 0.15) is 66.7 Å². The van der Waals surface area contributed by atoms with Crippen molar-refractivity contribution in [1.29, 1.82) is 0 Å². The van der Waals surface area contributed by atoms with Crippen molar-refractivity contribution in [2.45, 2.75) is 66.7 Å². The average molecular weight is 208 g/mol. The lowest BCUT2D eigenvalue weighted by molar-refractivity contribution is 0.552. The molecule has 88 valence electrons. The summed E-state index contributed by atoms with van der Waals surface area (Å²) >= 11 is 0. The summed E-state index contributed by atoms with van der Waals surface area (Å²) < 4.78 is 0. The maximum Gasteiger partial charge on any atom is 0.00340 e. The van der Waals surface area contributed by atoms with E-state index in [1.807, 2.05) is 0 Å². The highest BCUT2D eigenvalue weighted by molar-refractivity contribution is 5.18. The molecule has 0 bridgehead atoms. The van der Waals surface area contributed by atoms with Gasteiger partial charge in [-0.25, -0.2) is 0 Å². The molecule has 0 nitrogen and oxygen atoms in total. The average Bonchev–Trinajstić information content (AvgIpc) is 2.17. The predicted molar refractivity (Wildman–Crippen MR) is 71.1 cm³/mol. The van der Waals surface area contributed by atoms with Crippen molar-refractivity contribution >= 4 is 0 Å². The Labute approximate surface area is 96.5 Å². The first kappa shape index (κ1) is 14.5. The van der Waals surface area contributed by atoms with E-state index in [-0.39, 0.29) is 5.41 Å². The highest BCUT2D eigenvalue weighted by Crippen LogP contribution is 2.30. The van der Waals surface area contributed by atoms with Gasteiger partial charge < -0.3 is 0 Å². The van der Waals surface area contributed by atoms with E-state index in [0.29, 0.717) is 0 Å². The highest BCUT2D eigenvalue weighted by atomic mass is 14.2. The molecule has 0 rings (SSSR count). The second-order valence-corrected chi connectivity index (χ2v) is 4.80. The van der Waals surface area contributed by atoms with Crippen molar-refractivity contribution in [2.75, 3.05) is 0 Å². The summed E-state index contributed by atoms with van der Waals surface area (Å²) in [4.78, 5) is 0. The van der Waals surface area contributed by atoms with E-state index in [4.69, 9.17) is 0 Å². The molecule has 0 unspecified atom stereocenters. The van der Waals surface area contributed by atoms with Gasteiger partial charge in [-0.05, 0) is 26.2 Å². The molecule has 0 aliphatic rings. The number of hydrogen-bond donors (Lipinski definition) is 0. The summed E-state index contributed by atoms with van der Waals surface area (Å²) in [5.41, 5.74) is 1.83. The maximum absolute atomic E-state index is 2.45. The van der Waals surface area contributed by atoms with Crippen molar-refractivity contribution in [3.63, 3.8) is 0 Å². The Morgan fingerprint density at radius 1 is 1.13 bits per heavy atom. The maximum atomic E-state index is 2.45. The van der Waals surface area contributed by atoms with Crippen LogP contribution in [-0.2, 0) is 0 Å². The lowest BCUT2D eigenvalue weighted by Gasteiger charge is -2.24. The Hall–Kier alpha value is -0.520. The number of hydrogen-bond acceptors (Lipinski definition) is 0. The van der Waals surface area contributed by atoms with E-state index in [0.717, 1.165) is 0 Å². The first-order chi connectivity index (χ1) is 7.08. The highest BCUT2D eigenvalue weighted by Gasteiger charge is 2.17. The Balaban J connectivity index is 4.33. The Bertz CT molecular complexity index is 206. The molecule has 0 fully saturated rings. The molecule has 0 radical (unpaired) electrons. The monoisotopic (exact) mass is 208 g/mol. The predicted octanol–water partition coefficient (Wildman–Crippen LogP) is 5.51. The van der Waals surface area contributed by atoms with Gasteiger partial charge in [-0.1, -0.05) is 64.3 Å². The molecular weight excluding hydrogens is 180 g/mol. The third-order valence-corrected chi connectivity index (χ3v) is 2.99. The molecule has 0 spiro atoms. The van der Waals surface area contributed by atoms with Gasteiger partial charge in [0.2, 0.25) is 0 Å². The molecule has 0 aromatic rings. The van der Waals surface area contributed by atoms with Crippen molar-refractivity contribution in [1.82, 2.24) is 0 Å². The fourth-order valence-electron chi connectivity index (χ4n) is 2.06. The Morgan fingerprint density at radius 3 is 2.27 bits per heavy atom. The molecule has 0 atom stereocenters. The fraction of sp³-hybridized carbons (Fsp3) is 0.733. The summed E-state index contributed by atoms with van der Waals surface area (Å²) in [6.45, 7) is 11.2. The zero-order valence-corrected chi connectivity index (χ0v) is 11.3. The first-order valence-electron chi connectivity index (χ1n) is 6.41. The van der Waals surface area contributed by atoms with Gasteiger partial charge in [0.15, 0.2) is 0 Å². The molecule has 0 aromatic heterocycles. The van der Waals surface area contributed by atoms with Gasteiger partial charge in [0, 0.05) is 5.41 Å². The van der Waals surface area contributed by atoms with Gasteiger partial charge in [-0.3, -0.25) is 0 Å². The van der Waals surface area contributed by atoms with E-state index in [1.165, 1.54) is 32.1 Å². The van der Waals surface area contributed by atoms with Crippen molar-refractivity contribution in [2.24, 2.45) is 5.41 Å². The van der Waals surface area contributed by atoms with Gasteiger partial charge in [0.25, 0.3) is 0 Å². The van der Waals surface area contributed by atoms with E-state index in [2.05, 4.69) is 52.8 Å². The standard InChI is InChI=1S/C15H28/c1-6-9-10-11-12-14(8-3)15(4,5)13-7-2/h7,12-13H,6,8-11H2,1-5H3. The first-order valence-corrected chi connectivity index (χ1v) is 6.41. The van der Waals surface area contributed by atoms with Crippen LogP contribution >= 0.6 is 0 Å². The smallest absolute Gasteiger partial charge is 0.00340 e. The minimum atomic E-state index is 0.246. The second-order valence-electron chi connectivity index (χ2n) is 4.80. The van der Waals surface area contributed by atoms with Crippen LogP contribution in [0.25, 0.3) is 0 Å². The van der Waals surface area contributed by atoms with Crippen molar-refractivity contribution in [3.05, 3.63) is 23.8 Å². The van der Waals surface area contributed by atoms with E-state index >= 15 is 0 Å². The van der Waals surface area contributed by atoms with Crippen LogP contribution in [0.4, 0.5) is 0 Å². The van der Waals surface area contributed by atoms with Gasteiger partial charge in [0.05, 0.1) is 0 Å². The van der Waals surface area contributed by atoms with Gasteiger partial charge in [-0.15, -0.1) is 0 Å². The molecule has 15 heavy (non-hydrogen) atoms. The zero-order chi connectivity index (χ0) is 11.7. The van der Waals surface area contributed by atoms with Crippen LogP contribution in [0, 0.1) is 5.41 Å². The normalized spacial score (nSPS) is 13.8. The minimum absolute atomic E-state index is 0.246. The zero-order valence-electron chi connectivity index (χ0n) is 11.3. The Kier molecular flexibility index (Phi) is 7.46. The molecule has 0 aliphatic heterocycles. The van der Waals surface area contributed by atoms with Crippen LogP contribution in [-0.4, -0.2) is 0 Å². The Morgan fingerprint density at radius 2 is 1.80 bits per heavy atom. The van der Waals surface area contributed by atoms with Crippen LogP contribution in [0.2, 0.25) is 0 Å². The fourth-order valence-corrected chi connectivity index (χ4v) is 2.06. The lowest BCUT2D eigenvalue weighted by atomic mass is 9.81. The van der Waals surface area contributed by atoms with E-state index in [9.17, 15) is 0 Å². The molecule has 0 aliphatic carbocycles. The largest absolute Gasteiger partial charge is 0.0908 e. The van der Waals surface area contributed by atoms with Crippen LogP contribution < -0.4 is 0 Å². The number of rotatable bonds is 7. The van der Waals surface area contributed by atoms with Gasteiger partial charge in [-0.2, -0.15) is 0 Å². The molecule has 0 aromatic carbocycles. The summed E-state index contributed by atoms with van der Waals surface area (Å²) in [5, 5.41) is 0. The van der Waals surface area contributed by atoms with Crippen LogP contribution in [0.5, 0.6) is 0 Å². The topological polar surface area (TPSA) is 0 Å². The molecule has 0 saturated heterocycles. The summed E-state index contributed by atoms with van der Waals surface area (Å²) in [6, 6.07) is 0. The summed E-state index contributed by atoms with van der Waals surface area (Å²) in [6.07, 6.45) is 13.4. The molecule has 0 heterocycles. The molecule has 0 saturated carbocycles. The second kappa shape index (κ2) is 7.73. The molecule has 0 heteroatoms. The van der Waals surface area contributed by atoms with Crippen molar-refractivity contribution in [3.8, 4) is 0 Å². The summed E-state index contributed by atoms with van der Waals surface area (Å²) in [5.74, 6) is 0. The van der Waals surface area contributed by atoms with Crippen LogP contribution in [0.3, 0.4) is 0 Å². The van der Waals surface area contributed by atoms with Gasteiger partial charge in [0.1, 0.15) is 0 Å². The third kappa shape index (κ3) is 5.81. The van der Waals surface area contributed by atoms with E-state index < -0.39 is 0 Å². The number of unbranched alkanes of at least 4 members (excludes halogenated alkanes) is 3. The molecule has 0 N–H and O–H groups in total. The molecule has 0 amide bonds. The van der Waals surface area contributed by atoms with Crippen molar-refractivity contribution < 1.29 is 0 Å². The van der Waals surface area contributed by atoms with Gasteiger partial charge >= 0.3 is 0 Å². The van der Waals surface area contributed by atoms with E-state index in [1.54, 1.807) is 5.57 Å².